The standard InChI is InChI=1S/C16H19N3O4S/c1-3-12-15(24-19-18-12)16(21)23-10-14(20)17-9-8-11-6-4-5-7-13(11)22-2/h4-7H,3,8-10H2,1-2H3,(H,17,20). The van der Waals surface area contributed by atoms with Gasteiger partial charge in [0.1, 0.15) is 5.75 Å². The van der Waals surface area contributed by atoms with Crippen molar-refractivity contribution in [2.45, 2.75) is 19.8 Å². The fourth-order valence-electron chi connectivity index (χ4n) is 2.09. The number of benzene rings is 1. The van der Waals surface area contributed by atoms with Crippen LogP contribution in [0.1, 0.15) is 27.9 Å². The van der Waals surface area contributed by atoms with Gasteiger partial charge >= 0.3 is 5.97 Å². The number of nitrogens with one attached hydrogen (secondary N) is 1. The highest BCUT2D eigenvalue weighted by atomic mass is 32.1. The van der Waals surface area contributed by atoms with Crippen molar-refractivity contribution < 1.29 is 19.1 Å². The molecule has 128 valence electrons. The molecule has 0 aliphatic rings. The summed E-state index contributed by atoms with van der Waals surface area (Å²) < 4.78 is 14.0. The van der Waals surface area contributed by atoms with E-state index < -0.39 is 5.97 Å². The van der Waals surface area contributed by atoms with E-state index >= 15 is 0 Å². The average Bonchev–Trinajstić information content (AvgIpc) is 3.09. The van der Waals surface area contributed by atoms with Crippen molar-refractivity contribution in [2.24, 2.45) is 0 Å². The molecule has 0 radical (unpaired) electrons. The summed E-state index contributed by atoms with van der Waals surface area (Å²) in [7, 11) is 1.61. The van der Waals surface area contributed by atoms with Gasteiger partial charge in [0.2, 0.25) is 0 Å². The highest BCUT2D eigenvalue weighted by Crippen LogP contribution is 2.17. The lowest BCUT2D eigenvalue weighted by atomic mass is 10.1. The van der Waals surface area contributed by atoms with Crippen LogP contribution in [0.5, 0.6) is 5.75 Å². The summed E-state index contributed by atoms with van der Waals surface area (Å²) >= 11 is 0.972. The minimum atomic E-state index is -0.568. The van der Waals surface area contributed by atoms with Crippen LogP contribution in [-0.2, 0) is 22.4 Å². The van der Waals surface area contributed by atoms with Crippen molar-refractivity contribution in [3.63, 3.8) is 0 Å². The van der Waals surface area contributed by atoms with E-state index in [0.717, 1.165) is 22.8 Å². The molecule has 1 heterocycles. The molecule has 0 aliphatic carbocycles. The van der Waals surface area contributed by atoms with Crippen molar-refractivity contribution in [2.75, 3.05) is 20.3 Å². The molecule has 0 fully saturated rings. The number of amides is 1. The van der Waals surface area contributed by atoms with E-state index in [2.05, 4.69) is 14.9 Å². The zero-order valence-corrected chi connectivity index (χ0v) is 14.4. The molecule has 1 aromatic heterocycles. The van der Waals surface area contributed by atoms with Gasteiger partial charge in [0.05, 0.1) is 12.8 Å². The Morgan fingerprint density at radius 1 is 1.29 bits per heavy atom. The Labute approximate surface area is 144 Å². The fourth-order valence-corrected chi connectivity index (χ4v) is 2.73. The molecule has 0 saturated carbocycles. The maximum atomic E-state index is 11.9. The van der Waals surface area contributed by atoms with Crippen molar-refractivity contribution in [1.82, 2.24) is 14.9 Å². The Morgan fingerprint density at radius 2 is 2.08 bits per heavy atom. The number of ether oxygens (including phenoxy) is 2. The number of hydrogen-bond acceptors (Lipinski definition) is 7. The fraction of sp³-hybridized carbons (Fsp3) is 0.375. The normalized spacial score (nSPS) is 10.2. The zero-order chi connectivity index (χ0) is 17.4. The summed E-state index contributed by atoms with van der Waals surface area (Å²) in [6.07, 6.45) is 1.22. The first-order chi connectivity index (χ1) is 11.7. The van der Waals surface area contributed by atoms with Crippen LogP contribution in [0.15, 0.2) is 24.3 Å². The molecule has 0 aliphatic heterocycles. The van der Waals surface area contributed by atoms with Gasteiger partial charge in [-0.2, -0.15) is 0 Å². The lowest BCUT2D eigenvalue weighted by Crippen LogP contribution is -2.30. The SMILES string of the molecule is CCc1nnsc1C(=O)OCC(=O)NCCc1ccccc1OC. The summed E-state index contributed by atoms with van der Waals surface area (Å²) in [5, 5.41) is 6.55. The summed E-state index contributed by atoms with van der Waals surface area (Å²) in [5.41, 5.74) is 1.59. The number of methoxy groups -OCH3 is 1. The number of para-hydroxylation sites is 1. The van der Waals surface area contributed by atoms with Crippen LogP contribution in [-0.4, -0.2) is 41.7 Å². The van der Waals surface area contributed by atoms with Crippen molar-refractivity contribution >= 4 is 23.4 Å². The van der Waals surface area contributed by atoms with Crippen LogP contribution >= 0.6 is 11.5 Å². The van der Waals surface area contributed by atoms with E-state index in [0.29, 0.717) is 30.0 Å². The van der Waals surface area contributed by atoms with E-state index in [1.54, 1.807) is 7.11 Å². The average molecular weight is 349 g/mol. The van der Waals surface area contributed by atoms with Crippen molar-refractivity contribution in [3.8, 4) is 5.75 Å². The lowest BCUT2D eigenvalue weighted by Gasteiger charge is -2.09. The van der Waals surface area contributed by atoms with Crippen LogP contribution in [0, 0.1) is 0 Å². The molecule has 0 atom stereocenters. The van der Waals surface area contributed by atoms with E-state index in [9.17, 15) is 9.59 Å². The Kier molecular flexibility index (Phi) is 6.68. The smallest absolute Gasteiger partial charge is 0.352 e. The summed E-state index contributed by atoms with van der Waals surface area (Å²) in [5.74, 6) is -0.140. The first kappa shape index (κ1) is 17.9. The number of esters is 1. The molecule has 0 saturated heterocycles. The monoisotopic (exact) mass is 349 g/mol. The van der Waals surface area contributed by atoms with Crippen molar-refractivity contribution in [1.29, 1.82) is 0 Å². The largest absolute Gasteiger partial charge is 0.496 e. The molecule has 7 nitrogen and oxygen atoms in total. The molecule has 0 spiro atoms. The maximum Gasteiger partial charge on any atom is 0.352 e. The molecule has 2 rings (SSSR count). The number of hydrogen-bond donors (Lipinski definition) is 1. The zero-order valence-electron chi connectivity index (χ0n) is 13.6. The first-order valence-electron chi connectivity index (χ1n) is 7.52. The number of rotatable bonds is 8. The molecule has 24 heavy (non-hydrogen) atoms. The summed E-state index contributed by atoms with van der Waals surface area (Å²) in [6, 6.07) is 7.61. The molecular weight excluding hydrogens is 330 g/mol. The van der Waals surface area contributed by atoms with Crippen LogP contribution in [0.2, 0.25) is 0 Å². The number of nitrogens with zero attached hydrogens (tertiary/aromatic N) is 2. The summed E-state index contributed by atoms with van der Waals surface area (Å²) in [4.78, 5) is 24.0. The Bertz CT molecular complexity index is 702. The van der Waals surface area contributed by atoms with Gasteiger partial charge in [-0.1, -0.05) is 29.6 Å². The minimum absolute atomic E-state index is 0.328. The predicted octanol–water partition coefficient (Wildman–Crippen LogP) is 1.62. The van der Waals surface area contributed by atoms with E-state index in [1.165, 1.54) is 0 Å². The topological polar surface area (TPSA) is 90.4 Å². The Balaban J connectivity index is 1.75. The van der Waals surface area contributed by atoms with Gasteiger partial charge in [-0.3, -0.25) is 4.79 Å². The van der Waals surface area contributed by atoms with Gasteiger partial charge in [-0.05, 0) is 36.0 Å². The first-order valence-corrected chi connectivity index (χ1v) is 8.30. The van der Waals surface area contributed by atoms with Gasteiger partial charge in [0, 0.05) is 6.54 Å². The Hall–Kier alpha value is -2.48. The number of carbonyl (C=O) groups is 2. The van der Waals surface area contributed by atoms with Gasteiger partial charge in [0.25, 0.3) is 5.91 Å². The van der Waals surface area contributed by atoms with Crippen LogP contribution in [0.25, 0.3) is 0 Å². The molecule has 1 N–H and O–H groups in total. The third-order valence-electron chi connectivity index (χ3n) is 3.32. The second-order valence-corrected chi connectivity index (χ2v) is 5.64. The molecule has 8 heteroatoms. The molecule has 2 aromatic rings. The molecule has 1 amide bonds. The highest BCUT2D eigenvalue weighted by molar-refractivity contribution is 7.07. The van der Waals surface area contributed by atoms with Crippen molar-refractivity contribution in [3.05, 3.63) is 40.4 Å². The van der Waals surface area contributed by atoms with Crippen LogP contribution in [0.3, 0.4) is 0 Å². The van der Waals surface area contributed by atoms with Gasteiger partial charge < -0.3 is 14.8 Å². The second kappa shape index (κ2) is 8.97. The third-order valence-corrected chi connectivity index (χ3v) is 4.07. The number of carbonyl (C=O) groups excluding carboxylic acids is 2. The van der Waals surface area contributed by atoms with E-state index in [-0.39, 0.29) is 12.5 Å². The molecule has 1 aromatic carbocycles. The minimum Gasteiger partial charge on any atom is -0.496 e. The highest BCUT2D eigenvalue weighted by Gasteiger charge is 2.17. The quantitative estimate of drug-likeness (QED) is 0.729. The molecular formula is C16H19N3O4S. The van der Waals surface area contributed by atoms with E-state index in [4.69, 9.17) is 9.47 Å². The number of aryl methyl sites for hydroxylation is 1. The predicted molar refractivity (Wildman–Crippen MR) is 89.3 cm³/mol. The maximum absolute atomic E-state index is 11.9. The van der Waals surface area contributed by atoms with Gasteiger partial charge in [0.15, 0.2) is 11.5 Å². The molecule has 0 unspecified atom stereocenters. The Morgan fingerprint density at radius 3 is 2.83 bits per heavy atom. The second-order valence-electron chi connectivity index (χ2n) is 4.89. The third kappa shape index (κ3) is 4.76. The molecule has 0 bridgehead atoms. The van der Waals surface area contributed by atoms with Gasteiger partial charge in [-0.25, -0.2) is 4.79 Å². The number of aromatic nitrogens is 2. The summed E-state index contributed by atoms with van der Waals surface area (Å²) in [6.45, 7) is 1.98. The van der Waals surface area contributed by atoms with E-state index in [1.807, 2.05) is 31.2 Å². The van der Waals surface area contributed by atoms with Gasteiger partial charge in [-0.15, -0.1) is 5.10 Å². The lowest BCUT2D eigenvalue weighted by molar-refractivity contribution is -0.124. The van der Waals surface area contributed by atoms with Crippen LogP contribution in [0.4, 0.5) is 0 Å². The van der Waals surface area contributed by atoms with Crippen LogP contribution < -0.4 is 10.1 Å².